The van der Waals surface area contributed by atoms with Crippen LogP contribution in [-0.4, -0.2) is 9.67 Å². The third kappa shape index (κ3) is 2.11. The minimum absolute atomic E-state index is 0.348. The molecule has 2 nitrogen and oxygen atoms in total. The highest BCUT2D eigenvalue weighted by atomic mass is 16.3. The summed E-state index contributed by atoms with van der Waals surface area (Å²) in [5, 5.41) is 15.3. The van der Waals surface area contributed by atoms with Crippen LogP contribution in [0, 0.1) is 0 Å². The maximum Gasteiger partial charge on any atom is 0.121 e. The number of phenols is 1. The number of nitrogens with zero attached hydrogens (tertiary/aromatic N) is 1. The molecule has 0 amide bonds. The number of hydrogen-bond donors (Lipinski definition) is 1. The van der Waals surface area contributed by atoms with Crippen molar-refractivity contribution >= 4 is 32.6 Å². The van der Waals surface area contributed by atoms with Crippen molar-refractivity contribution in [1.29, 1.82) is 0 Å². The molecule has 0 saturated carbocycles. The van der Waals surface area contributed by atoms with Crippen LogP contribution in [0.1, 0.15) is 5.56 Å². The van der Waals surface area contributed by atoms with Crippen molar-refractivity contribution in [1.82, 2.24) is 4.57 Å². The Balaban J connectivity index is 1.82. The normalized spacial score (nSPS) is 11.5. The summed E-state index contributed by atoms with van der Waals surface area (Å²) in [5.74, 6) is 0.348. The molecule has 1 N–H and O–H groups in total. The summed E-state index contributed by atoms with van der Waals surface area (Å²) in [5.41, 5.74) is 3.34. The van der Waals surface area contributed by atoms with Crippen LogP contribution in [-0.2, 0) is 6.54 Å². The van der Waals surface area contributed by atoms with Crippen molar-refractivity contribution in [3.05, 3.63) is 90.5 Å². The number of benzene rings is 4. The summed E-state index contributed by atoms with van der Waals surface area (Å²) in [6, 6.07) is 28.9. The first-order valence-corrected chi connectivity index (χ1v) is 8.48. The molecule has 0 saturated heterocycles. The predicted molar refractivity (Wildman–Crippen MR) is 104 cm³/mol. The van der Waals surface area contributed by atoms with Crippen LogP contribution >= 0.6 is 0 Å². The van der Waals surface area contributed by atoms with E-state index in [2.05, 4.69) is 65.2 Å². The van der Waals surface area contributed by atoms with E-state index in [0.717, 1.165) is 16.3 Å². The molecule has 0 unspecified atom stereocenters. The number of para-hydroxylation sites is 2. The minimum Gasteiger partial charge on any atom is -0.508 e. The Morgan fingerprint density at radius 3 is 1.84 bits per heavy atom. The van der Waals surface area contributed by atoms with E-state index in [0.29, 0.717) is 12.3 Å². The zero-order chi connectivity index (χ0) is 16.8. The van der Waals surface area contributed by atoms with Crippen LogP contribution in [0.15, 0.2) is 84.9 Å². The van der Waals surface area contributed by atoms with Gasteiger partial charge in [-0.15, -0.1) is 0 Å². The van der Waals surface area contributed by atoms with Gasteiger partial charge in [0, 0.05) is 27.4 Å². The molecule has 0 bridgehead atoms. The van der Waals surface area contributed by atoms with Crippen LogP contribution in [0.5, 0.6) is 5.75 Å². The van der Waals surface area contributed by atoms with Crippen LogP contribution in [0.2, 0.25) is 0 Å². The Morgan fingerprint density at radius 1 is 0.600 bits per heavy atom. The summed E-state index contributed by atoms with van der Waals surface area (Å²) in [6.45, 7) is 0.640. The summed E-state index contributed by atoms with van der Waals surface area (Å²) in [6.07, 6.45) is 0. The van der Waals surface area contributed by atoms with Crippen molar-refractivity contribution in [2.24, 2.45) is 0 Å². The second-order valence-corrected chi connectivity index (χ2v) is 6.40. The predicted octanol–water partition coefficient (Wildman–Crippen LogP) is 5.70. The van der Waals surface area contributed by atoms with E-state index in [1.807, 2.05) is 18.2 Å². The summed E-state index contributed by atoms with van der Waals surface area (Å²) in [4.78, 5) is 0. The van der Waals surface area contributed by atoms with E-state index in [4.69, 9.17) is 0 Å². The highest BCUT2D eigenvalue weighted by molar-refractivity contribution is 6.08. The first kappa shape index (κ1) is 14.1. The molecule has 2 heteroatoms. The van der Waals surface area contributed by atoms with Crippen LogP contribution < -0.4 is 0 Å². The van der Waals surface area contributed by atoms with Gasteiger partial charge in [-0.2, -0.15) is 0 Å². The molecule has 0 fully saturated rings. The van der Waals surface area contributed by atoms with E-state index in [-0.39, 0.29) is 0 Å². The maximum absolute atomic E-state index is 10.5. The lowest BCUT2D eigenvalue weighted by atomic mass is 10.0. The quantitative estimate of drug-likeness (QED) is 0.443. The fourth-order valence-electron chi connectivity index (χ4n) is 3.82. The van der Waals surface area contributed by atoms with Gasteiger partial charge in [0.05, 0.1) is 6.54 Å². The average Bonchev–Trinajstić information content (AvgIpc) is 2.98. The topological polar surface area (TPSA) is 25.2 Å². The molecule has 0 spiro atoms. The first-order chi connectivity index (χ1) is 12.3. The molecule has 120 valence electrons. The van der Waals surface area contributed by atoms with Crippen molar-refractivity contribution in [2.45, 2.75) is 6.54 Å². The summed E-state index contributed by atoms with van der Waals surface area (Å²) in [7, 11) is 0. The van der Waals surface area contributed by atoms with Gasteiger partial charge in [-0.3, -0.25) is 0 Å². The number of fused-ring (bicyclic) bond motifs is 4. The number of aromatic hydroxyl groups is 1. The largest absolute Gasteiger partial charge is 0.508 e. The molecule has 0 aliphatic carbocycles. The molecule has 0 radical (unpaired) electrons. The zero-order valence-electron chi connectivity index (χ0n) is 13.7. The summed E-state index contributed by atoms with van der Waals surface area (Å²) < 4.78 is 2.30. The lowest BCUT2D eigenvalue weighted by Crippen LogP contribution is -2.00. The second kappa shape index (κ2) is 5.38. The Labute approximate surface area is 145 Å². The molecule has 0 aliphatic heterocycles. The molecule has 5 rings (SSSR count). The van der Waals surface area contributed by atoms with E-state index in [9.17, 15) is 5.11 Å². The number of aromatic nitrogens is 1. The van der Waals surface area contributed by atoms with Gasteiger partial charge in [0.15, 0.2) is 0 Å². The minimum atomic E-state index is 0.348. The molecule has 25 heavy (non-hydrogen) atoms. The monoisotopic (exact) mass is 323 g/mol. The fourth-order valence-corrected chi connectivity index (χ4v) is 3.82. The molecule has 1 aromatic heterocycles. The van der Waals surface area contributed by atoms with Crippen LogP contribution in [0.4, 0.5) is 0 Å². The second-order valence-electron chi connectivity index (χ2n) is 6.40. The molecular weight excluding hydrogens is 306 g/mol. The van der Waals surface area contributed by atoms with Gasteiger partial charge in [0.25, 0.3) is 0 Å². The number of hydrogen-bond acceptors (Lipinski definition) is 1. The average molecular weight is 323 g/mol. The Kier molecular flexibility index (Phi) is 3.04. The molecule has 0 aliphatic rings. The maximum atomic E-state index is 10.5. The standard InChI is InChI=1S/C23H17NO/c25-23-14-13-16-7-1-2-8-17(16)20(23)15-24-21-11-5-3-9-18(21)19-10-4-6-12-22(19)24/h1-14,25H,15H2. The van der Waals surface area contributed by atoms with Crippen molar-refractivity contribution in [3.8, 4) is 5.75 Å². The van der Waals surface area contributed by atoms with Gasteiger partial charge in [0.2, 0.25) is 0 Å². The first-order valence-electron chi connectivity index (χ1n) is 8.48. The van der Waals surface area contributed by atoms with E-state index in [1.165, 1.54) is 21.8 Å². The van der Waals surface area contributed by atoms with Crippen molar-refractivity contribution < 1.29 is 5.11 Å². The van der Waals surface area contributed by atoms with E-state index >= 15 is 0 Å². The number of phenolic OH excluding ortho intramolecular Hbond substituents is 1. The van der Waals surface area contributed by atoms with Gasteiger partial charge >= 0.3 is 0 Å². The molecule has 0 atom stereocenters. The van der Waals surface area contributed by atoms with Gasteiger partial charge in [-0.05, 0) is 29.0 Å². The van der Waals surface area contributed by atoms with Crippen LogP contribution in [0.25, 0.3) is 32.6 Å². The van der Waals surface area contributed by atoms with Gasteiger partial charge in [-0.25, -0.2) is 0 Å². The Morgan fingerprint density at radius 2 is 1.16 bits per heavy atom. The Bertz CT molecular complexity index is 1180. The van der Waals surface area contributed by atoms with Crippen LogP contribution in [0.3, 0.4) is 0 Å². The lowest BCUT2D eigenvalue weighted by Gasteiger charge is -2.12. The van der Waals surface area contributed by atoms with E-state index < -0.39 is 0 Å². The van der Waals surface area contributed by atoms with Crippen molar-refractivity contribution in [2.75, 3.05) is 0 Å². The smallest absolute Gasteiger partial charge is 0.121 e. The van der Waals surface area contributed by atoms with Gasteiger partial charge < -0.3 is 9.67 Å². The lowest BCUT2D eigenvalue weighted by molar-refractivity contribution is 0.468. The van der Waals surface area contributed by atoms with Gasteiger partial charge in [0.1, 0.15) is 5.75 Å². The molecule has 5 aromatic rings. The number of rotatable bonds is 2. The molecule has 1 heterocycles. The third-order valence-corrected chi connectivity index (χ3v) is 5.01. The highest BCUT2D eigenvalue weighted by Gasteiger charge is 2.13. The highest BCUT2D eigenvalue weighted by Crippen LogP contribution is 2.33. The molecule has 4 aromatic carbocycles. The van der Waals surface area contributed by atoms with E-state index in [1.54, 1.807) is 6.07 Å². The Hall–Kier alpha value is -3.26. The SMILES string of the molecule is Oc1ccc2ccccc2c1Cn1c2ccccc2c2ccccc21. The fraction of sp³-hybridized carbons (Fsp3) is 0.0435. The van der Waals surface area contributed by atoms with Gasteiger partial charge in [-0.1, -0.05) is 66.7 Å². The zero-order valence-corrected chi connectivity index (χ0v) is 13.7. The molecular formula is C23H17NO. The third-order valence-electron chi connectivity index (χ3n) is 5.01. The van der Waals surface area contributed by atoms with Crippen molar-refractivity contribution in [3.63, 3.8) is 0 Å². The summed E-state index contributed by atoms with van der Waals surface area (Å²) >= 11 is 0.